The highest BCUT2D eigenvalue weighted by atomic mass is 35.5. The highest BCUT2D eigenvalue weighted by Gasteiger charge is 2.44. The Morgan fingerprint density at radius 3 is 2.52 bits per heavy atom. The topological polar surface area (TPSA) is 79.5 Å². The number of aromatic nitrogens is 2. The molecule has 0 spiro atoms. The second-order valence-electron chi connectivity index (χ2n) is 7.36. The van der Waals surface area contributed by atoms with E-state index < -0.39 is 20.3 Å². The van der Waals surface area contributed by atoms with E-state index in [1.54, 1.807) is 29.7 Å². The zero-order chi connectivity index (χ0) is 19.9. The van der Waals surface area contributed by atoms with E-state index in [2.05, 4.69) is 10.2 Å². The van der Waals surface area contributed by atoms with E-state index in [1.807, 2.05) is 19.6 Å². The van der Waals surface area contributed by atoms with Crippen molar-refractivity contribution in [2.45, 2.75) is 45.4 Å². The summed E-state index contributed by atoms with van der Waals surface area (Å²) >= 11 is 12.2. The molecular formula is C17H20Cl2N4O3Si. The number of imide groups is 1. The molecule has 2 aromatic rings. The summed E-state index contributed by atoms with van der Waals surface area (Å²) in [5, 5.41) is 8.58. The van der Waals surface area contributed by atoms with Crippen molar-refractivity contribution < 1.29 is 14.0 Å². The molecule has 1 unspecified atom stereocenters. The minimum absolute atomic E-state index is 0.249. The van der Waals surface area contributed by atoms with E-state index in [0.717, 1.165) is 0 Å². The first kappa shape index (κ1) is 19.8. The highest BCUT2D eigenvalue weighted by molar-refractivity contribution is 6.83. The second kappa shape index (κ2) is 7.25. The fraction of sp³-hybridized carbons (Fsp3) is 0.412. The van der Waals surface area contributed by atoms with Gasteiger partial charge >= 0.3 is 6.03 Å². The lowest BCUT2D eigenvalue weighted by molar-refractivity contribution is -0.126. The Balaban J connectivity index is 2.02. The van der Waals surface area contributed by atoms with Gasteiger partial charge in [0, 0.05) is 19.0 Å². The quantitative estimate of drug-likeness (QED) is 0.657. The van der Waals surface area contributed by atoms with E-state index in [-0.39, 0.29) is 18.2 Å². The molecule has 0 bridgehead atoms. The fourth-order valence-electron chi connectivity index (χ4n) is 3.12. The van der Waals surface area contributed by atoms with Crippen molar-refractivity contribution in [2.75, 3.05) is 4.57 Å². The van der Waals surface area contributed by atoms with Crippen molar-refractivity contribution in [2.24, 2.45) is 0 Å². The summed E-state index contributed by atoms with van der Waals surface area (Å²) in [6, 6.07) is 4.05. The molecule has 1 aliphatic heterocycles. The van der Waals surface area contributed by atoms with Crippen LogP contribution < -0.4 is 4.57 Å². The third-order valence-electron chi connectivity index (χ3n) is 4.27. The van der Waals surface area contributed by atoms with Gasteiger partial charge in [-0.05, 0) is 24.6 Å². The molecule has 2 heterocycles. The van der Waals surface area contributed by atoms with Crippen molar-refractivity contribution >= 4 is 49.1 Å². The van der Waals surface area contributed by atoms with Crippen LogP contribution in [-0.2, 0) is 4.79 Å². The van der Waals surface area contributed by atoms with Gasteiger partial charge in [0.15, 0.2) is 8.24 Å². The summed E-state index contributed by atoms with van der Waals surface area (Å²) in [6.45, 7) is 7.71. The van der Waals surface area contributed by atoms with Gasteiger partial charge in [-0.1, -0.05) is 42.8 Å². The Hall–Kier alpha value is -1.90. The van der Waals surface area contributed by atoms with E-state index in [1.165, 1.54) is 4.90 Å². The number of urea groups is 1. The van der Waals surface area contributed by atoms with Crippen molar-refractivity contribution in [3.05, 3.63) is 40.0 Å². The maximum absolute atomic E-state index is 13.5. The van der Waals surface area contributed by atoms with Gasteiger partial charge in [0.2, 0.25) is 17.7 Å². The molecule has 1 aromatic carbocycles. The number of carbonyl (C=O) groups is 2. The lowest BCUT2D eigenvalue weighted by Gasteiger charge is -2.37. The van der Waals surface area contributed by atoms with Gasteiger partial charge in [-0.2, -0.15) is 0 Å². The third kappa shape index (κ3) is 3.88. The molecule has 0 aliphatic carbocycles. The summed E-state index contributed by atoms with van der Waals surface area (Å²) < 4.78 is 7.15. The largest absolute Gasteiger partial charge is 0.423 e. The Labute approximate surface area is 168 Å². The van der Waals surface area contributed by atoms with Gasteiger partial charge in [0.1, 0.15) is 6.04 Å². The van der Waals surface area contributed by atoms with Crippen LogP contribution in [0.1, 0.15) is 30.7 Å². The van der Waals surface area contributed by atoms with Gasteiger partial charge in [-0.15, -0.1) is 10.2 Å². The second-order valence-corrected chi connectivity index (χ2v) is 13.0. The Bertz CT molecular complexity index is 897. The molecular weight excluding hydrogens is 407 g/mol. The number of hydrogen-bond donors (Lipinski definition) is 0. The average molecular weight is 427 g/mol. The molecule has 0 N–H and O–H groups in total. The third-order valence-corrected chi connectivity index (χ3v) is 6.80. The Morgan fingerprint density at radius 1 is 1.26 bits per heavy atom. The number of anilines is 1. The van der Waals surface area contributed by atoms with Crippen LogP contribution in [0.3, 0.4) is 0 Å². The normalized spacial score (nSPS) is 17.5. The van der Waals surface area contributed by atoms with Crippen LogP contribution in [0.2, 0.25) is 29.7 Å². The predicted molar refractivity (Wildman–Crippen MR) is 106 cm³/mol. The minimum atomic E-state index is -2.23. The lowest BCUT2D eigenvalue weighted by atomic mass is 10.2. The Kier molecular flexibility index (Phi) is 5.33. The molecule has 3 rings (SSSR count). The molecule has 0 saturated carbocycles. The predicted octanol–water partition coefficient (Wildman–Crippen LogP) is 4.81. The maximum atomic E-state index is 13.5. The summed E-state index contributed by atoms with van der Waals surface area (Å²) in [5.41, 5.74) is 0.605. The van der Waals surface area contributed by atoms with Gasteiger partial charge < -0.3 is 8.98 Å². The van der Waals surface area contributed by atoms with Crippen molar-refractivity contribution in [3.63, 3.8) is 0 Å². The maximum Gasteiger partial charge on any atom is 0.323 e. The molecule has 3 amide bonds. The molecule has 7 nitrogen and oxygen atoms in total. The summed E-state index contributed by atoms with van der Waals surface area (Å²) in [6.07, 6.45) is 0.700. The fourth-order valence-corrected chi connectivity index (χ4v) is 5.01. The van der Waals surface area contributed by atoms with Crippen molar-refractivity contribution in [1.82, 2.24) is 15.1 Å². The highest BCUT2D eigenvalue weighted by Crippen LogP contribution is 2.36. The van der Waals surface area contributed by atoms with Gasteiger partial charge in [0.25, 0.3) is 0 Å². The number of amides is 3. The van der Waals surface area contributed by atoms with Crippen LogP contribution in [0.25, 0.3) is 0 Å². The first-order valence-corrected chi connectivity index (χ1v) is 12.7. The van der Waals surface area contributed by atoms with Crippen molar-refractivity contribution in [1.29, 1.82) is 0 Å². The molecule has 10 heteroatoms. The lowest BCUT2D eigenvalue weighted by Crippen LogP contribution is -2.56. The van der Waals surface area contributed by atoms with Crippen LogP contribution in [0.5, 0.6) is 0 Å². The number of halogens is 2. The molecule has 1 aromatic heterocycles. The summed E-state index contributed by atoms with van der Waals surface area (Å²) in [7, 11) is -2.23. The van der Waals surface area contributed by atoms with Gasteiger partial charge in [-0.25, -0.2) is 4.79 Å². The first-order chi connectivity index (χ1) is 12.6. The van der Waals surface area contributed by atoms with Gasteiger partial charge in [-0.3, -0.25) is 9.69 Å². The van der Waals surface area contributed by atoms with Crippen LogP contribution in [0, 0.1) is 6.92 Å². The monoisotopic (exact) mass is 426 g/mol. The van der Waals surface area contributed by atoms with Crippen LogP contribution in [0.4, 0.5) is 10.5 Å². The summed E-state index contributed by atoms with van der Waals surface area (Å²) in [5.74, 6) is 0.406. The summed E-state index contributed by atoms with van der Waals surface area (Å²) in [4.78, 5) is 27.3. The minimum Gasteiger partial charge on any atom is -0.423 e. The van der Waals surface area contributed by atoms with Gasteiger partial charge in [0.05, 0.1) is 10.0 Å². The Morgan fingerprint density at radius 2 is 1.96 bits per heavy atom. The molecule has 1 saturated heterocycles. The SMILES string of the molecule is Cc1nnc(C2CCC(=O)N2C(=O)N(c2ccc(Cl)c(Cl)c2)[Si](C)(C)C)o1. The van der Waals surface area contributed by atoms with Crippen LogP contribution in [0.15, 0.2) is 22.6 Å². The number of aryl methyl sites for hydroxylation is 1. The van der Waals surface area contributed by atoms with Crippen molar-refractivity contribution in [3.8, 4) is 0 Å². The smallest absolute Gasteiger partial charge is 0.323 e. The zero-order valence-corrected chi connectivity index (χ0v) is 18.0. The van der Waals surface area contributed by atoms with Crippen LogP contribution in [-0.4, -0.2) is 35.3 Å². The van der Waals surface area contributed by atoms with E-state index in [0.29, 0.717) is 28.0 Å². The van der Waals surface area contributed by atoms with E-state index >= 15 is 0 Å². The molecule has 1 fully saturated rings. The molecule has 1 atom stereocenters. The molecule has 1 aliphatic rings. The number of rotatable bonds is 3. The average Bonchev–Trinajstić information content (AvgIpc) is 3.15. The van der Waals surface area contributed by atoms with E-state index in [4.69, 9.17) is 27.6 Å². The molecule has 27 heavy (non-hydrogen) atoms. The number of benzene rings is 1. The first-order valence-electron chi connectivity index (χ1n) is 8.51. The number of hydrogen-bond acceptors (Lipinski definition) is 5. The standard InChI is InChI=1S/C17H20Cl2N4O3Si/c1-10-20-21-16(26-10)14-7-8-15(24)22(14)17(25)23(27(2,3)4)11-5-6-12(18)13(19)9-11/h5-6,9,14H,7-8H2,1-4H3. The number of nitrogens with zero attached hydrogens (tertiary/aromatic N) is 4. The number of carbonyl (C=O) groups excluding carboxylic acids is 2. The molecule has 0 radical (unpaired) electrons. The molecule has 144 valence electrons. The number of likely N-dealkylation sites (tertiary alicyclic amines) is 1. The van der Waals surface area contributed by atoms with Crippen LogP contribution >= 0.6 is 23.2 Å². The zero-order valence-electron chi connectivity index (χ0n) is 15.5. The van der Waals surface area contributed by atoms with E-state index in [9.17, 15) is 9.59 Å².